The Kier molecular flexibility index (Phi) is 3.67. The van der Waals surface area contributed by atoms with E-state index in [4.69, 9.17) is 10.5 Å². The maximum atomic E-state index is 12.9. The number of nitrogens with two attached hydrogens (primary N) is 1. The molecule has 3 nitrogen and oxygen atoms in total. The van der Waals surface area contributed by atoms with Gasteiger partial charge in [0.1, 0.15) is 18.2 Å². The van der Waals surface area contributed by atoms with Crippen LogP contribution in [0.2, 0.25) is 0 Å². The van der Waals surface area contributed by atoms with Gasteiger partial charge in [-0.3, -0.25) is 4.98 Å². The zero-order valence-corrected chi connectivity index (χ0v) is 9.21. The smallest absolute Gasteiger partial charge is 0.126 e. The second kappa shape index (κ2) is 5.41. The van der Waals surface area contributed by atoms with E-state index in [1.807, 2.05) is 12.1 Å². The van der Waals surface area contributed by atoms with Crippen molar-refractivity contribution >= 4 is 0 Å². The Bertz CT molecular complexity index is 476. The third kappa shape index (κ3) is 3.26. The number of hydrogen-bond acceptors (Lipinski definition) is 3. The molecule has 88 valence electrons. The normalized spacial score (nSPS) is 12.1. The van der Waals surface area contributed by atoms with Gasteiger partial charge in [0.25, 0.3) is 0 Å². The largest absolute Gasteiger partial charge is 0.492 e. The first-order chi connectivity index (χ1) is 8.25. The number of benzene rings is 1. The highest BCUT2D eigenvalue weighted by Gasteiger charge is 2.06. The van der Waals surface area contributed by atoms with Crippen molar-refractivity contribution in [2.24, 2.45) is 5.73 Å². The molecule has 0 aliphatic heterocycles. The van der Waals surface area contributed by atoms with E-state index in [9.17, 15) is 4.39 Å². The van der Waals surface area contributed by atoms with E-state index >= 15 is 0 Å². The van der Waals surface area contributed by atoms with Crippen LogP contribution in [-0.4, -0.2) is 11.6 Å². The van der Waals surface area contributed by atoms with E-state index in [0.29, 0.717) is 5.75 Å². The molecule has 2 aromatic rings. The van der Waals surface area contributed by atoms with Crippen LogP contribution in [0.5, 0.6) is 5.75 Å². The van der Waals surface area contributed by atoms with Crippen LogP contribution in [-0.2, 0) is 0 Å². The number of aromatic nitrogens is 1. The summed E-state index contributed by atoms with van der Waals surface area (Å²) in [6, 6.07) is 9.42. The van der Waals surface area contributed by atoms with Crippen LogP contribution in [0.15, 0.2) is 48.8 Å². The number of ether oxygens (including phenoxy) is 1. The molecule has 0 bridgehead atoms. The Balaban J connectivity index is 1.95. The third-order valence-corrected chi connectivity index (χ3v) is 2.34. The van der Waals surface area contributed by atoms with Crippen molar-refractivity contribution in [1.29, 1.82) is 0 Å². The molecule has 0 aliphatic rings. The minimum absolute atomic E-state index is 0.271. The van der Waals surface area contributed by atoms with Gasteiger partial charge in [0, 0.05) is 18.5 Å². The molecule has 0 amide bonds. The molecule has 2 N–H and O–H groups in total. The summed E-state index contributed by atoms with van der Waals surface area (Å²) in [6.45, 7) is 0.287. The summed E-state index contributed by atoms with van der Waals surface area (Å²) >= 11 is 0. The molecule has 0 spiro atoms. The molecule has 1 aromatic carbocycles. The van der Waals surface area contributed by atoms with Crippen molar-refractivity contribution in [2.75, 3.05) is 6.61 Å². The van der Waals surface area contributed by atoms with Gasteiger partial charge >= 0.3 is 0 Å². The topological polar surface area (TPSA) is 48.1 Å². The second-order valence-electron chi connectivity index (χ2n) is 3.66. The Hall–Kier alpha value is -1.94. The molecule has 1 heterocycles. The third-order valence-electron chi connectivity index (χ3n) is 2.34. The Morgan fingerprint density at radius 3 is 2.88 bits per heavy atom. The first-order valence-electron chi connectivity index (χ1n) is 5.29. The molecule has 0 radical (unpaired) electrons. The lowest BCUT2D eigenvalue weighted by molar-refractivity contribution is 0.289. The molecule has 17 heavy (non-hydrogen) atoms. The van der Waals surface area contributed by atoms with Crippen molar-refractivity contribution in [3.05, 3.63) is 60.2 Å². The highest BCUT2D eigenvalue weighted by Crippen LogP contribution is 2.15. The van der Waals surface area contributed by atoms with Crippen LogP contribution < -0.4 is 10.5 Å². The summed E-state index contributed by atoms with van der Waals surface area (Å²) in [6.07, 6.45) is 3.38. The molecule has 1 unspecified atom stereocenters. The van der Waals surface area contributed by atoms with E-state index in [0.717, 1.165) is 5.56 Å². The van der Waals surface area contributed by atoms with Gasteiger partial charge in [-0.2, -0.15) is 0 Å². The SMILES string of the molecule is NC(COc1cccc(F)c1)c1cccnc1. The fourth-order valence-corrected chi connectivity index (χ4v) is 1.43. The van der Waals surface area contributed by atoms with Crippen molar-refractivity contribution < 1.29 is 9.13 Å². The number of hydrogen-bond donors (Lipinski definition) is 1. The van der Waals surface area contributed by atoms with E-state index < -0.39 is 0 Å². The Morgan fingerprint density at radius 2 is 2.18 bits per heavy atom. The van der Waals surface area contributed by atoms with Gasteiger partial charge in [0.05, 0.1) is 6.04 Å². The summed E-state index contributed by atoms with van der Waals surface area (Å²) < 4.78 is 18.3. The zero-order valence-electron chi connectivity index (χ0n) is 9.21. The monoisotopic (exact) mass is 232 g/mol. The lowest BCUT2D eigenvalue weighted by atomic mass is 10.1. The summed E-state index contributed by atoms with van der Waals surface area (Å²) in [5.41, 5.74) is 6.81. The highest BCUT2D eigenvalue weighted by molar-refractivity contribution is 5.23. The maximum absolute atomic E-state index is 12.9. The lowest BCUT2D eigenvalue weighted by Crippen LogP contribution is -2.19. The Morgan fingerprint density at radius 1 is 1.29 bits per heavy atom. The van der Waals surface area contributed by atoms with Gasteiger partial charge in [-0.25, -0.2) is 4.39 Å². The first-order valence-corrected chi connectivity index (χ1v) is 5.29. The van der Waals surface area contributed by atoms with Crippen molar-refractivity contribution in [1.82, 2.24) is 4.98 Å². The van der Waals surface area contributed by atoms with E-state index in [-0.39, 0.29) is 18.5 Å². The van der Waals surface area contributed by atoms with Crippen molar-refractivity contribution in [2.45, 2.75) is 6.04 Å². The predicted molar refractivity (Wildman–Crippen MR) is 63.1 cm³/mol. The average Bonchev–Trinajstić information content (AvgIpc) is 2.37. The minimum Gasteiger partial charge on any atom is -0.492 e. The first kappa shape index (κ1) is 11.5. The van der Waals surface area contributed by atoms with Crippen molar-refractivity contribution in [3.8, 4) is 5.75 Å². The van der Waals surface area contributed by atoms with Crippen LogP contribution in [0, 0.1) is 5.82 Å². The van der Waals surface area contributed by atoms with Crippen LogP contribution in [0.4, 0.5) is 4.39 Å². The molecule has 4 heteroatoms. The van der Waals surface area contributed by atoms with Crippen molar-refractivity contribution in [3.63, 3.8) is 0 Å². The van der Waals surface area contributed by atoms with Gasteiger partial charge in [0.15, 0.2) is 0 Å². The van der Waals surface area contributed by atoms with Gasteiger partial charge in [-0.1, -0.05) is 12.1 Å². The fraction of sp³-hybridized carbons (Fsp3) is 0.154. The van der Waals surface area contributed by atoms with Gasteiger partial charge in [-0.05, 0) is 23.8 Å². The van der Waals surface area contributed by atoms with Gasteiger partial charge in [0.2, 0.25) is 0 Å². The highest BCUT2D eigenvalue weighted by atomic mass is 19.1. The summed E-state index contributed by atoms with van der Waals surface area (Å²) in [7, 11) is 0. The van der Waals surface area contributed by atoms with Crippen LogP contribution in [0.3, 0.4) is 0 Å². The fourth-order valence-electron chi connectivity index (χ4n) is 1.43. The molecule has 1 atom stereocenters. The molecular weight excluding hydrogens is 219 g/mol. The predicted octanol–water partition coefficient (Wildman–Crippen LogP) is 2.30. The lowest BCUT2D eigenvalue weighted by Gasteiger charge is -2.13. The number of nitrogens with zero attached hydrogens (tertiary/aromatic N) is 1. The standard InChI is InChI=1S/C13H13FN2O/c14-11-4-1-5-12(7-11)17-9-13(15)10-3-2-6-16-8-10/h1-8,13H,9,15H2. The van der Waals surface area contributed by atoms with Crippen LogP contribution >= 0.6 is 0 Å². The van der Waals surface area contributed by atoms with E-state index in [2.05, 4.69) is 4.98 Å². The molecule has 2 rings (SSSR count). The zero-order chi connectivity index (χ0) is 12.1. The number of rotatable bonds is 4. The van der Waals surface area contributed by atoms with Gasteiger partial charge < -0.3 is 10.5 Å². The molecule has 0 saturated heterocycles. The van der Waals surface area contributed by atoms with Crippen LogP contribution in [0.25, 0.3) is 0 Å². The number of halogens is 1. The molecule has 0 fully saturated rings. The second-order valence-corrected chi connectivity index (χ2v) is 3.66. The summed E-state index contributed by atoms with van der Waals surface area (Å²) in [4.78, 5) is 3.98. The average molecular weight is 232 g/mol. The molecule has 0 aliphatic carbocycles. The quantitative estimate of drug-likeness (QED) is 0.879. The van der Waals surface area contributed by atoms with Crippen LogP contribution in [0.1, 0.15) is 11.6 Å². The maximum Gasteiger partial charge on any atom is 0.126 e. The molecule has 0 saturated carbocycles. The summed E-state index contributed by atoms with van der Waals surface area (Å²) in [5, 5.41) is 0. The number of pyridine rings is 1. The summed E-state index contributed by atoms with van der Waals surface area (Å²) in [5.74, 6) is 0.154. The van der Waals surface area contributed by atoms with Gasteiger partial charge in [-0.15, -0.1) is 0 Å². The molecular formula is C13H13FN2O. The van der Waals surface area contributed by atoms with E-state index in [1.54, 1.807) is 24.5 Å². The minimum atomic E-state index is -0.322. The molecule has 1 aromatic heterocycles. The van der Waals surface area contributed by atoms with E-state index in [1.165, 1.54) is 12.1 Å². The Labute approximate surface area is 99.1 Å².